The maximum Gasteiger partial charge on any atom is 0.326 e. The summed E-state index contributed by atoms with van der Waals surface area (Å²) in [5.41, 5.74) is 16.7. The number of ketones is 3. The summed E-state index contributed by atoms with van der Waals surface area (Å²) >= 11 is 4.10. The van der Waals surface area contributed by atoms with E-state index in [1.54, 1.807) is 6.92 Å². The fourth-order valence-corrected chi connectivity index (χ4v) is 6.99. The largest absolute Gasteiger partial charge is 0.481 e. The number of H-pyrrole nitrogens is 1. The Bertz CT molecular complexity index is 2550. The smallest absolute Gasteiger partial charge is 0.326 e. The van der Waals surface area contributed by atoms with Gasteiger partial charge in [-0.25, -0.2) is 14.8 Å². The predicted molar refractivity (Wildman–Crippen MR) is 254 cm³/mol. The molecule has 0 spiro atoms. The van der Waals surface area contributed by atoms with E-state index < -0.39 is 139 Å². The number of nitrogens with one attached hydrogen (secondary N) is 5. The van der Waals surface area contributed by atoms with Crippen LogP contribution in [0.1, 0.15) is 87.2 Å². The lowest BCUT2D eigenvalue weighted by Crippen LogP contribution is -2.48. The van der Waals surface area contributed by atoms with Crippen molar-refractivity contribution in [3.05, 3.63) is 52.1 Å². The van der Waals surface area contributed by atoms with E-state index >= 15 is 0 Å². The first-order valence-electron chi connectivity index (χ1n) is 21.8. The van der Waals surface area contributed by atoms with Crippen molar-refractivity contribution in [2.24, 2.45) is 34.2 Å². The van der Waals surface area contributed by atoms with Gasteiger partial charge in [-0.1, -0.05) is 6.92 Å². The van der Waals surface area contributed by atoms with E-state index in [2.05, 4.69) is 58.8 Å². The normalized spacial score (nSPS) is 13.5. The van der Waals surface area contributed by atoms with Crippen molar-refractivity contribution in [3.63, 3.8) is 0 Å². The Morgan fingerprint density at radius 1 is 0.746 bits per heavy atom. The minimum Gasteiger partial charge on any atom is -0.481 e. The van der Waals surface area contributed by atoms with Gasteiger partial charge >= 0.3 is 23.9 Å². The lowest BCUT2D eigenvalue weighted by atomic mass is 9.90. The molecule has 15 N–H and O–H groups in total. The van der Waals surface area contributed by atoms with E-state index in [1.165, 1.54) is 30.5 Å². The molecule has 1 aromatic carbocycles. The standard InChI is InChI=1S/C43H56N12O15S/c1-20(19-71)11-30(57)29(16-34(63)64)53-39(67)23(15-33(61)62)13-31(58)27(3-2-10-47-42(44)45)51-38(66)22(14-32(59)60)12-26(56)8-9-28(41(69)70)52-37(65)21-4-6-24(7-5-21)48-17-25-18-49-36-35(50-25)40(68)55-43(46)54-36/h4-7,18,20,22-23,27-29,48,71H,2-3,8-17,19H2,1H3,(H,51,66)(H,52,65)(H,53,67)(H,59,60)(H,61,62)(H,63,64)(H,69,70)(H4,44,45,47)(H3,46,49,54,55,68)/t20-,22-,23-,27-,28-,29-/m0/s1. The van der Waals surface area contributed by atoms with Crippen LogP contribution in [0.2, 0.25) is 0 Å². The molecular formula is C43H56N12O15S. The second kappa shape index (κ2) is 27.8. The van der Waals surface area contributed by atoms with Crippen molar-refractivity contribution in [3.8, 4) is 0 Å². The minimum atomic E-state index is -1.68. The van der Waals surface area contributed by atoms with E-state index in [0.29, 0.717) is 11.4 Å². The first-order valence-corrected chi connectivity index (χ1v) is 22.5. The molecule has 28 heteroatoms. The number of amides is 3. The Balaban J connectivity index is 1.69. The summed E-state index contributed by atoms with van der Waals surface area (Å²) in [4.78, 5) is 158. The number of hydrogen-bond donors (Lipinski definition) is 13. The van der Waals surface area contributed by atoms with Crippen molar-refractivity contribution in [2.45, 2.75) is 95.8 Å². The van der Waals surface area contributed by atoms with E-state index in [0.717, 1.165) is 0 Å². The minimum absolute atomic E-state index is 0.00958. The zero-order chi connectivity index (χ0) is 52.9. The van der Waals surface area contributed by atoms with E-state index in [9.17, 15) is 73.2 Å². The highest BCUT2D eigenvalue weighted by Gasteiger charge is 2.34. The third-order valence-corrected chi connectivity index (χ3v) is 11.1. The number of Topliss-reactive ketones (excluding diaryl/α,β-unsaturated/α-hetero) is 3. The SMILES string of the molecule is C[C@H](CS)CC(=O)[C@H](CC(=O)O)NC(=O)[C@H](CC(=O)O)CC(=O)[C@H](CCCN=C(N)N)NC(=O)[C@H](CC(=O)O)CC(=O)CC[C@H](NC(=O)c1ccc(NCc2cnc3nc(N)[nH]c(=O)c3n2)cc1)C(=O)O. The zero-order valence-electron chi connectivity index (χ0n) is 38.3. The van der Waals surface area contributed by atoms with Gasteiger partial charge < -0.3 is 58.9 Å². The summed E-state index contributed by atoms with van der Waals surface area (Å²) in [5.74, 6) is -15.3. The van der Waals surface area contributed by atoms with Crippen LogP contribution in [0, 0.1) is 17.8 Å². The van der Waals surface area contributed by atoms with Crippen LogP contribution in [0.4, 0.5) is 11.6 Å². The summed E-state index contributed by atoms with van der Waals surface area (Å²) in [7, 11) is 0. The Hall–Kier alpha value is -8.04. The van der Waals surface area contributed by atoms with E-state index in [-0.39, 0.29) is 72.7 Å². The molecule has 384 valence electrons. The van der Waals surface area contributed by atoms with Crippen molar-refractivity contribution < 1.29 is 68.4 Å². The van der Waals surface area contributed by atoms with Crippen molar-refractivity contribution in [1.29, 1.82) is 0 Å². The molecule has 0 bridgehead atoms. The van der Waals surface area contributed by atoms with Crippen LogP contribution in [0.25, 0.3) is 11.2 Å². The topological polar surface area (TPSA) is 462 Å². The van der Waals surface area contributed by atoms with Gasteiger partial charge in [0, 0.05) is 43.5 Å². The number of benzene rings is 1. The van der Waals surface area contributed by atoms with Crippen LogP contribution in [0.5, 0.6) is 0 Å². The molecule has 27 nitrogen and oxygen atoms in total. The quantitative estimate of drug-likeness (QED) is 0.0154. The number of carboxylic acids is 4. The molecule has 3 amide bonds. The molecule has 0 unspecified atom stereocenters. The number of aliphatic carboxylic acids is 4. The summed E-state index contributed by atoms with van der Waals surface area (Å²) in [5, 5.41) is 48.5. The Kier molecular flexibility index (Phi) is 22.5. The summed E-state index contributed by atoms with van der Waals surface area (Å²) in [6, 6.07) is 1.05. The molecular weight excluding hydrogens is 957 g/mol. The average Bonchev–Trinajstić information content (AvgIpc) is 3.29. The molecule has 3 aromatic rings. The zero-order valence-corrected chi connectivity index (χ0v) is 39.2. The van der Waals surface area contributed by atoms with Crippen molar-refractivity contribution >= 4 is 100 Å². The number of aromatic amines is 1. The highest BCUT2D eigenvalue weighted by Crippen LogP contribution is 2.19. The average molecular weight is 1010 g/mol. The summed E-state index contributed by atoms with van der Waals surface area (Å²) in [6.07, 6.45) is -4.42. The van der Waals surface area contributed by atoms with Crippen molar-refractivity contribution in [2.75, 3.05) is 23.3 Å². The lowest BCUT2D eigenvalue weighted by molar-refractivity contribution is -0.144. The van der Waals surface area contributed by atoms with Crippen LogP contribution in [-0.4, -0.2) is 136 Å². The predicted octanol–water partition coefficient (Wildman–Crippen LogP) is -1.01. The van der Waals surface area contributed by atoms with Gasteiger partial charge in [0.25, 0.3) is 11.5 Å². The molecule has 0 aliphatic heterocycles. The van der Waals surface area contributed by atoms with Gasteiger partial charge in [0.05, 0.1) is 61.6 Å². The highest BCUT2D eigenvalue weighted by atomic mass is 32.1. The van der Waals surface area contributed by atoms with Crippen LogP contribution >= 0.6 is 12.6 Å². The fourth-order valence-electron chi connectivity index (χ4n) is 6.86. The number of thiol groups is 1. The number of aliphatic imine (C=N–C) groups is 1. The number of hydrogen-bond acceptors (Lipinski definition) is 18. The number of fused-ring (bicyclic) bond motifs is 1. The van der Waals surface area contributed by atoms with Crippen LogP contribution < -0.4 is 44.0 Å². The van der Waals surface area contributed by atoms with Crippen LogP contribution in [-0.2, 0) is 49.7 Å². The second-order valence-electron chi connectivity index (χ2n) is 16.4. The number of guanidine groups is 1. The molecule has 3 rings (SSSR count). The molecule has 0 saturated carbocycles. The maximum atomic E-state index is 13.8. The number of carboxylic acid groups (broad SMARTS) is 4. The first kappa shape index (κ1) is 57.3. The molecule has 0 aliphatic rings. The van der Waals surface area contributed by atoms with Crippen molar-refractivity contribution in [1.82, 2.24) is 35.9 Å². The van der Waals surface area contributed by atoms with Gasteiger partial charge in [-0.05, 0) is 55.2 Å². The molecule has 71 heavy (non-hydrogen) atoms. The number of nitrogen functional groups attached to an aromatic ring is 1. The van der Waals surface area contributed by atoms with Gasteiger partial charge in [-0.2, -0.15) is 17.6 Å². The number of anilines is 2. The number of aromatic nitrogens is 4. The highest BCUT2D eigenvalue weighted by molar-refractivity contribution is 7.80. The lowest BCUT2D eigenvalue weighted by Gasteiger charge is -2.24. The van der Waals surface area contributed by atoms with Gasteiger partial charge in [0.15, 0.2) is 28.7 Å². The van der Waals surface area contributed by atoms with Gasteiger partial charge in [-0.3, -0.25) is 57.9 Å². The molecule has 2 aromatic heterocycles. The van der Waals surface area contributed by atoms with Gasteiger partial charge in [-0.15, -0.1) is 0 Å². The maximum absolute atomic E-state index is 13.8. The molecule has 6 atom stereocenters. The number of nitrogens with two attached hydrogens (primary N) is 3. The van der Waals surface area contributed by atoms with E-state index in [4.69, 9.17) is 17.2 Å². The molecule has 0 aliphatic carbocycles. The third kappa shape index (κ3) is 19.8. The van der Waals surface area contributed by atoms with E-state index in [1.807, 2.05) is 0 Å². The summed E-state index contributed by atoms with van der Waals surface area (Å²) < 4.78 is 0. The summed E-state index contributed by atoms with van der Waals surface area (Å²) in [6.45, 7) is 1.69. The number of nitrogens with zero attached hydrogens (tertiary/aromatic N) is 4. The van der Waals surface area contributed by atoms with Gasteiger partial charge in [0.1, 0.15) is 11.8 Å². The monoisotopic (exact) mass is 1010 g/mol. The number of carbonyl (C=O) groups is 10. The molecule has 0 saturated heterocycles. The number of carbonyl (C=O) groups excluding carboxylic acids is 6. The van der Waals surface area contributed by atoms with Gasteiger partial charge in [0.2, 0.25) is 17.8 Å². The Morgan fingerprint density at radius 3 is 1.92 bits per heavy atom. The van der Waals surface area contributed by atoms with Crippen LogP contribution in [0.3, 0.4) is 0 Å². The Labute approximate surface area is 409 Å². The molecule has 0 radical (unpaired) electrons. The number of rotatable bonds is 32. The Morgan fingerprint density at radius 2 is 1.34 bits per heavy atom. The fraction of sp³-hybridized carbons (Fsp3) is 0.465. The molecule has 0 fully saturated rings. The third-order valence-electron chi connectivity index (χ3n) is 10.5. The first-order chi connectivity index (χ1) is 33.4. The second-order valence-corrected chi connectivity index (χ2v) is 16.8. The molecule has 2 heterocycles. The van der Waals surface area contributed by atoms with Crippen LogP contribution in [0.15, 0.2) is 40.2 Å².